The minimum absolute atomic E-state index is 0.0165. The molecule has 6 heteroatoms. The molecule has 0 radical (unpaired) electrons. The molecule has 2 rings (SSSR count). The van der Waals surface area contributed by atoms with Gasteiger partial charge >= 0.3 is 0 Å². The number of benzene rings is 2. The molecule has 0 aliphatic rings. The smallest absolute Gasteiger partial charge is 0.261 e. The molecule has 0 saturated carbocycles. The number of phenolic OH excluding ortho intramolecular Hbond substituents is 1. The summed E-state index contributed by atoms with van der Waals surface area (Å²) in [5.41, 5.74) is -0.625. The number of phenols is 1. The Kier molecular flexibility index (Phi) is 3.41. The molecule has 0 aliphatic heterocycles. The van der Waals surface area contributed by atoms with Crippen LogP contribution in [0.5, 0.6) is 5.75 Å². The predicted octanol–water partition coefficient (Wildman–Crippen LogP) is 3.06. The fourth-order valence-corrected chi connectivity index (χ4v) is 1.50. The van der Waals surface area contributed by atoms with Gasteiger partial charge in [0.2, 0.25) is 0 Å². The Morgan fingerprint density at radius 1 is 1.00 bits per heavy atom. The van der Waals surface area contributed by atoms with Crippen LogP contribution in [0.15, 0.2) is 36.4 Å². The van der Waals surface area contributed by atoms with Crippen LogP contribution in [-0.4, -0.2) is 11.0 Å². The Balaban J connectivity index is 2.28. The highest BCUT2D eigenvalue weighted by molar-refractivity contribution is 6.04. The highest BCUT2D eigenvalue weighted by atomic mass is 19.1. The van der Waals surface area contributed by atoms with Gasteiger partial charge < -0.3 is 10.4 Å². The van der Waals surface area contributed by atoms with Crippen LogP contribution in [0.1, 0.15) is 10.4 Å². The maximum Gasteiger partial charge on any atom is 0.261 e. The summed E-state index contributed by atoms with van der Waals surface area (Å²) in [5, 5.41) is 11.3. The number of hydrogen-bond acceptors (Lipinski definition) is 2. The molecular formula is C13H8F3NO2. The van der Waals surface area contributed by atoms with E-state index in [1.807, 2.05) is 0 Å². The number of nitrogens with one attached hydrogen (secondary N) is 1. The second-order valence-electron chi connectivity index (χ2n) is 3.75. The van der Waals surface area contributed by atoms with Gasteiger partial charge in [-0.15, -0.1) is 0 Å². The molecule has 3 nitrogen and oxygen atoms in total. The van der Waals surface area contributed by atoms with Crippen molar-refractivity contribution < 1.29 is 23.1 Å². The summed E-state index contributed by atoms with van der Waals surface area (Å²) in [5.74, 6) is -4.73. The summed E-state index contributed by atoms with van der Waals surface area (Å²) in [4.78, 5) is 11.7. The standard InChI is InChI=1S/C13H8F3NO2/c14-7-5-10(15)12(11(16)6-7)13(19)17-8-1-3-9(18)4-2-8/h1-6,18H,(H,17,19). The highest BCUT2D eigenvalue weighted by Crippen LogP contribution is 2.18. The Bertz CT molecular complexity index is 603. The van der Waals surface area contributed by atoms with Crippen LogP contribution >= 0.6 is 0 Å². The topological polar surface area (TPSA) is 49.3 Å². The van der Waals surface area contributed by atoms with Crippen molar-refractivity contribution in [1.29, 1.82) is 0 Å². The highest BCUT2D eigenvalue weighted by Gasteiger charge is 2.19. The lowest BCUT2D eigenvalue weighted by Gasteiger charge is -2.07. The summed E-state index contributed by atoms with van der Waals surface area (Å²) < 4.78 is 39.4. The fourth-order valence-electron chi connectivity index (χ4n) is 1.50. The molecule has 0 fully saturated rings. The van der Waals surface area contributed by atoms with Crippen molar-refractivity contribution in [2.45, 2.75) is 0 Å². The quantitative estimate of drug-likeness (QED) is 0.821. The zero-order valence-electron chi connectivity index (χ0n) is 9.45. The van der Waals surface area contributed by atoms with Crippen LogP contribution < -0.4 is 5.32 Å². The van der Waals surface area contributed by atoms with Crippen molar-refractivity contribution in [2.75, 3.05) is 5.32 Å². The minimum Gasteiger partial charge on any atom is -0.508 e. The molecule has 2 N–H and O–H groups in total. The van der Waals surface area contributed by atoms with Crippen LogP contribution in [0.4, 0.5) is 18.9 Å². The van der Waals surface area contributed by atoms with Gasteiger partial charge in [0.25, 0.3) is 5.91 Å². The van der Waals surface area contributed by atoms with E-state index in [2.05, 4.69) is 5.32 Å². The summed E-state index contributed by atoms with van der Waals surface area (Å²) >= 11 is 0. The number of aromatic hydroxyl groups is 1. The van der Waals surface area contributed by atoms with E-state index >= 15 is 0 Å². The largest absolute Gasteiger partial charge is 0.508 e. The SMILES string of the molecule is O=C(Nc1ccc(O)cc1)c1c(F)cc(F)cc1F. The van der Waals surface area contributed by atoms with E-state index in [1.54, 1.807) is 0 Å². The minimum atomic E-state index is -1.28. The Hall–Kier alpha value is -2.50. The first-order chi connectivity index (χ1) is 8.97. The van der Waals surface area contributed by atoms with Gasteiger partial charge in [-0.3, -0.25) is 4.79 Å². The molecule has 0 heterocycles. The van der Waals surface area contributed by atoms with E-state index in [-0.39, 0.29) is 11.4 Å². The normalized spacial score (nSPS) is 10.3. The fraction of sp³-hybridized carbons (Fsp3) is 0. The van der Waals surface area contributed by atoms with Crippen LogP contribution in [-0.2, 0) is 0 Å². The Morgan fingerprint density at radius 3 is 2.05 bits per heavy atom. The van der Waals surface area contributed by atoms with E-state index in [1.165, 1.54) is 24.3 Å². The number of anilines is 1. The van der Waals surface area contributed by atoms with Crippen molar-refractivity contribution >= 4 is 11.6 Å². The maximum absolute atomic E-state index is 13.3. The Morgan fingerprint density at radius 2 is 1.53 bits per heavy atom. The van der Waals surface area contributed by atoms with Gasteiger partial charge in [-0.2, -0.15) is 0 Å². The van der Waals surface area contributed by atoms with E-state index in [4.69, 9.17) is 5.11 Å². The molecule has 2 aromatic carbocycles. The third-order valence-corrected chi connectivity index (χ3v) is 2.36. The zero-order valence-corrected chi connectivity index (χ0v) is 9.45. The monoisotopic (exact) mass is 267 g/mol. The lowest BCUT2D eigenvalue weighted by molar-refractivity contribution is 0.101. The molecule has 0 saturated heterocycles. The summed E-state index contributed by atoms with van der Waals surface area (Å²) in [6.07, 6.45) is 0. The molecule has 0 unspecified atom stereocenters. The second kappa shape index (κ2) is 5.01. The number of rotatable bonds is 2. The Labute approximate surface area is 106 Å². The van der Waals surface area contributed by atoms with E-state index < -0.39 is 28.9 Å². The predicted molar refractivity (Wildman–Crippen MR) is 62.4 cm³/mol. The molecule has 98 valence electrons. The van der Waals surface area contributed by atoms with Gasteiger partial charge in [-0.1, -0.05) is 0 Å². The second-order valence-corrected chi connectivity index (χ2v) is 3.75. The van der Waals surface area contributed by atoms with Gasteiger partial charge in [0.1, 0.15) is 28.8 Å². The van der Waals surface area contributed by atoms with Gasteiger partial charge in [-0.05, 0) is 24.3 Å². The first-order valence-corrected chi connectivity index (χ1v) is 5.22. The first-order valence-electron chi connectivity index (χ1n) is 5.22. The molecule has 0 aliphatic carbocycles. The average molecular weight is 267 g/mol. The number of carbonyl (C=O) groups excluding carboxylic acids is 1. The van der Waals surface area contributed by atoms with Crippen molar-refractivity contribution in [1.82, 2.24) is 0 Å². The molecule has 0 spiro atoms. The summed E-state index contributed by atoms with van der Waals surface area (Å²) in [6.45, 7) is 0. The van der Waals surface area contributed by atoms with Crippen molar-refractivity contribution in [3.8, 4) is 5.75 Å². The number of amides is 1. The van der Waals surface area contributed by atoms with Crippen molar-refractivity contribution in [2.24, 2.45) is 0 Å². The molecule has 0 bridgehead atoms. The first kappa shape index (κ1) is 12.9. The molecule has 1 amide bonds. The number of carbonyl (C=O) groups is 1. The van der Waals surface area contributed by atoms with Gasteiger partial charge in [0.05, 0.1) is 0 Å². The lowest BCUT2D eigenvalue weighted by atomic mass is 10.1. The van der Waals surface area contributed by atoms with Crippen molar-refractivity contribution in [3.05, 3.63) is 59.4 Å². The summed E-state index contributed by atoms with van der Waals surface area (Å²) in [7, 11) is 0. The van der Waals surface area contributed by atoms with Crippen molar-refractivity contribution in [3.63, 3.8) is 0 Å². The van der Waals surface area contributed by atoms with Crippen LogP contribution in [0, 0.1) is 17.5 Å². The maximum atomic E-state index is 13.3. The third kappa shape index (κ3) is 2.85. The van der Waals surface area contributed by atoms with Crippen LogP contribution in [0.2, 0.25) is 0 Å². The molecular weight excluding hydrogens is 259 g/mol. The molecule has 0 aromatic heterocycles. The van der Waals surface area contributed by atoms with E-state index in [0.29, 0.717) is 12.1 Å². The molecule has 19 heavy (non-hydrogen) atoms. The van der Waals surface area contributed by atoms with E-state index in [9.17, 15) is 18.0 Å². The summed E-state index contributed by atoms with van der Waals surface area (Å²) in [6, 6.07) is 6.16. The number of hydrogen-bond donors (Lipinski definition) is 2. The molecule has 2 aromatic rings. The van der Waals surface area contributed by atoms with Crippen LogP contribution in [0.25, 0.3) is 0 Å². The van der Waals surface area contributed by atoms with Crippen LogP contribution in [0.3, 0.4) is 0 Å². The van der Waals surface area contributed by atoms with Gasteiger partial charge in [0.15, 0.2) is 0 Å². The van der Waals surface area contributed by atoms with Gasteiger partial charge in [-0.25, -0.2) is 13.2 Å². The number of halogens is 3. The zero-order chi connectivity index (χ0) is 14.0. The third-order valence-electron chi connectivity index (χ3n) is 2.36. The molecule has 0 atom stereocenters. The van der Waals surface area contributed by atoms with E-state index in [0.717, 1.165) is 0 Å². The average Bonchev–Trinajstić information content (AvgIpc) is 2.30. The lowest BCUT2D eigenvalue weighted by Crippen LogP contribution is -2.16. The van der Waals surface area contributed by atoms with Gasteiger partial charge in [0, 0.05) is 17.8 Å².